The highest BCUT2D eigenvalue weighted by atomic mass is 35.5. The van der Waals surface area contributed by atoms with E-state index in [1.54, 1.807) is 29.1 Å². The number of aromatic nitrogens is 2. The van der Waals surface area contributed by atoms with E-state index >= 15 is 0 Å². The lowest BCUT2D eigenvalue weighted by molar-refractivity contribution is -0.147. The molecule has 0 spiro atoms. The number of hydrogen-bond donors (Lipinski definition) is 1. The number of nitrogens with zero attached hydrogens (tertiary/aromatic N) is 3. The number of rotatable bonds is 4. The van der Waals surface area contributed by atoms with Crippen molar-refractivity contribution in [2.24, 2.45) is 7.05 Å². The van der Waals surface area contributed by atoms with Crippen LogP contribution in [0.1, 0.15) is 23.3 Å². The summed E-state index contributed by atoms with van der Waals surface area (Å²) in [5, 5.41) is 14.5. The average Bonchev–Trinajstić information content (AvgIpc) is 2.98. The molecular weight excluding hydrogens is 353 g/mol. The van der Waals surface area contributed by atoms with E-state index in [1.807, 2.05) is 18.1 Å². The number of hydrogen-bond acceptors (Lipinski definition) is 4. The van der Waals surface area contributed by atoms with Gasteiger partial charge in [0.15, 0.2) is 0 Å². The zero-order valence-electron chi connectivity index (χ0n) is 13.0. The largest absolute Gasteiger partial charge is 0.480 e. The Hall–Kier alpha value is -1.60. The number of benzene rings is 1. The third-order valence-corrected chi connectivity index (χ3v) is 4.90. The van der Waals surface area contributed by atoms with Crippen LogP contribution in [0.25, 0.3) is 0 Å². The summed E-state index contributed by atoms with van der Waals surface area (Å²) in [6.45, 7) is 1.36. The molecule has 1 N–H and O–H groups in total. The van der Waals surface area contributed by atoms with Gasteiger partial charge >= 0.3 is 5.97 Å². The molecule has 1 fully saturated rings. The van der Waals surface area contributed by atoms with Crippen LogP contribution in [0.2, 0.25) is 10.0 Å². The molecule has 0 saturated carbocycles. The lowest BCUT2D eigenvalue weighted by Gasteiger charge is -2.36. The van der Waals surface area contributed by atoms with E-state index in [-0.39, 0.29) is 11.1 Å². The van der Waals surface area contributed by atoms with Crippen molar-refractivity contribution in [1.82, 2.24) is 14.7 Å². The number of halogens is 2. The molecule has 8 heteroatoms. The van der Waals surface area contributed by atoms with Crippen LogP contribution in [0.4, 0.5) is 0 Å². The van der Waals surface area contributed by atoms with Gasteiger partial charge in [-0.05, 0) is 6.07 Å². The first-order valence-corrected chi connectivity index (χ1v) is 8.24. The molecule has 1 aliphatic heterocycles. The van der Waals surface area contributed by atoms with Crippen molar-refractivity contribution in [3.8, 4) is 0 Å². The standard InChI is InChI=1S/C16H17Cl2N3O3/c1-20-8-10(7-19-20)13-9-21(5-6-24-13)15(16(22)23)11-3-2-4-12(17)14(11)18/h2-4,7-8,13,15H,5-6,9H2,1H3,(H,22,23). The molecule has 128 valence electrons. The minimum atomic E-state index is -0.967. The molecule has 2 atom stereocenters. The number of morpholine rings is 1. The van der Waals surface area contributed by atoms with E-state index in [9.17, 15) is 9.90 Å². The summed E-state index contributed by atoms with van der Waals surface area (Å²) >= 11 is 12.3. The van der Waals surface area contributed by atoms with Crippen LogP contribution >= 0.6 is 23.2 Å². The Bertz CT molecular complexity index is 750. The normalized spacial score (nSPS) is 20.0. The Kier molecular flexibility index (Phi) is 5.10. The number of aliphatic carboxylic acids is 1. The van der Waals surface area contributed by atoms with E-state index in [4.69, 9.17) is 27.9 Å². The van der Waals surface area contributed by atoms with Gasteiger partial charge in [-0.3, -0.25) is 14.4 Å². The topological polar surface area (TPSA) is 67.6 Å². The smallest absolute Gasteiger partial charge is 0.325 e. The fourth-order valence-corrected chi connectivity index (χ4v) is 3.34. The van der Waals surface area contributed by atoms with Crippen LogP contribution in [0, 0.1) is 0 Å². The van der Waals surface area contributed by atoms with Gasteiger partial charge in [-0.1, -0.05) is 35.3 Å². The summed E-state index contributed by atoms with van der Waals surface area (Å²) < 4.78 is 7.47. The second kappa shape index (κ2) is 7.11. The number of carboxylic acid groups (broad SMARTS) is 1. The van der Waals surface area contributed by atoms with Crippen molar-refractivity contribution >= 4 is 29.2 Å². The Balaban J connectivity index is 1.88. The van der Waals surface area contributed by atoms with E-state index in [2.05, 4.69) is 5.10 Å². The first-order chi connectivity index (χ1) is 11.5. The zero-order valence-corrected chi connectivity index (χ0v) is 14.5. The van der Waals surface area contributed by atoms with Crippen molar-refractivity contribution < 1.29 is 14.6 Å². The molecule has 1 aromatic heterocycles. The van der Waals surface area contributed by atoms with Crippen molar-refractivity contribution in [3.05, 3.63) is 51.8 Å². The Morgan fingerprint density at radius 1 is 1.46 bits per heavy atom. The molecule has 1 saturated heterocycles. The SMILES string of the molecule is Cn1cc(C2CN(C(C(=O)O)c3cccc(Cl)c3Cl)CCO2)cn1. The number of aryl methyl sites for hydroxylation is 1. The van der Waals surface area contributed by atoms with Gasteiger partial charge in [-0.2, -0.15) is 5.10 Å². The summed E-state index contributed by atoms with van der Waals surface area (Å²) in [7, 11) is 1.83. The second-order valence-corrected chi connectivity index (χ2v) is 6.47. The fraction of sp³-hybridized carbons (Fsp3) is 0.375. The minimum Gasteiger partial charge on any atom is -0.480 e. The summed E-state index contributed by atoms with van der Waals surface area (Å²) in [5.74, 6) is -0.967. The summed E-state index contributed by atoms with van der Waals surface area (Å²) in [4.78, 5) is 13.8. The van der Waals surface area contributed by atoms with Gasteiger partial charge in [0.25, 0.3) is 0 Å². The van der Waals surface area contributed by atoms with Crippen molar-refractivity contribution in [2.75, 3.05) is 19.7 Å². The third kappa shape index (κ3) is 3.42. The maximum atomic E-state index is 11.9. The van der Waals surface area contributed by atoms with Gasteiger partial charge in [-0.15, -0.1) is 0 Å². The molecule has 24 heavy (non-hydrogen) atoms. The van der Waals surface area contributed by atoms with Gasteiger partial charge in [0.1, 0.15) is 6.04 Å². The lowest BCUT2D eigenvalue weighted by Crippen LogP contribution is -2.43. The molecule has 1 aromatic carbocycles. The fourth-order valence-electron chi connectivity index (χ4n) is 2.93. The Morgan fingerprint density at radius 3 is 2.92 bits per heavy atom. The average molecular weight is 370 g/mol. The van der Waals surface area contributed by atoms with Gasteiger partial charge in [-0.25, -0.2) is 0 Å². The molecule has 2 aromatic rings. The second-order valence-electron chi connectivity index (χ2n) is 5.69. The highest BCUT2D eigenvalue weighted by Gasteiger charge is 2.34. The van der Waals surface area contributed by atoms with Gasteiger partial charge in [0.2, 0.25) is 0 Å². The monoisotopic (exact) mass is 369 g/mol. The quantitative estimate of drug-likeness (QED) is 0.897. The number of carboxylic acids is 1. The van der Waals surface area contributed by atoms with Crippen molar-refractivity contribution in [1.29, 1.82) is 0 Å². The Labute approximate surface area is 149 Å². The van der Waals surface area contributed by atoms with Crippen LogP contribution in [0.15, 0.2) is 30.6 Å². The molecular formula is C16H17Cl2N3O3. The van der Waals surface area contributed by atoms with Crippen LogP contribution in [-0.4, -0.2) is 45.5 Å². The first kappa shape index (κ1) is 17.2. The van der Waals surface area contributed by atoms with Crippen molar-refractivity contribution in [2.45, 2.75) is 12.1 Å². The molecule has 6 nitrogen and oxygen atoms in total. The Morgan fingerprint density at radius 2 is 2.25 bits per heavy atom. The maximum absolute atomic E-state index is 11.9. The maximum Gasteiger partial charge on any atom is 0.325 e. The first-order valence-electron chi connectivity index (χ1n) is 7.48. The van der Waals surface area contributed by atoms with Crippen LogP contribution in [0.5, 0.6) is 0 Å². The molecule has 3 rings (SSSR count). The van der Waals surface area contributed by atoms with Gasteiger partial charge in [0.05, 0.1) is 29.0 Å². The van der Waals surface area contributed by atoms with Crippen LogP contribution < -0.4 is 0 Å². The lowest BCUT2D eigenvalue weighted by atomic mass is 10.0. The molecule has 1 aliphatic rings. The predicted octanol–water partition coefficient (Wildman–Crippen LogP) is 2.93. The van der Waals surface area contributed by atoms with E-state index in [1.165, 1.54) is 0 Å². The molecule has 2 unspecified atom stereocenters. The van der Waals surface area contributed by atoms with Gasteiger partial charge < -0.3 is 9.84 Å². The van der Waals surface area contributed by atoms with Crippen molar-refractivity contribution in [3.63, 3.8) is 0 Å². The van der Waals surface area contributed by atoms with E-state index in [0.717, 1.165) is 5.56 Å². The molecule has 0 aliphatic carbocycles. The zero-order chi connectivity index (χ0) is 17.3. The van der Waals surface area contributed by atoms with Crippen LogP contribution in [0.3, 0.4) is 0 Å². The summed E-state index contributed by atoms with van der Waals surface area (Å²) in [6, 6.07) is 4.17. The summed E-state index contributed by atoms with van der Waals surface area (Å²) in [6.07, 6.45) is 3.37. The molecule has 0 amide bonds. The van der Waals surface area contributed by atoms with Crippen LogP contribution in [-0.2, 0) is 16.6 Å². The highest BCUT2D eigenvalue weighted by molar-refractivity contribution is 6.42. The molecule has 0 radical (unpaired) electrons. The number of ether oxygens (including phenoxy) is 1. The number of carbonyl (C=O) groups is 1. The van der Waals surface area contributed by atoms with E-state index < -0.39 is 12.0 Å². The summed E-state index contributed by atoms with van der Waals surface area (Å²) in [5.41, 5.74) is 1.41. The third-order valence-electron chi connectivity index (χ3n) is 4.07. The minimum absolute atomic E-state index is 0.229. The van der Waals surface area contributed by atoms with Gasteiger partial charge in [0, 0.05) is 37.5 Å². The van der Waals surface area contributed by atoms with E-state index in [0.29, 0.717) is 30.3 Å². The molecule has 2 heterocycles. The molecule has 0 bridgehead atoms. The highest BCUT2D eigenvalue weighted by Crippen LogP contribution is 2.35. The predicted molar refractivity (Wildman–Crippen MR) is 90.3 cm³/mol.